The molecule has 0 unspecified atom stereocenters. The largest absolute Gasteiger partial charge is 0.352 e. The number of Topliss-reactive ketones (excluding diaryl/α,β-unsaturated/α-hetero) is 1. The predicted molar refractivity (Wildman–Crippen MR) is 53.5 cm³/mol. The average molecular weight is 209 g/mol. The van der Waals surface area contributed by atoms with E-state index in [1.54, 1.807) is 12.1 Å². The molecule has 80 valence electrons. The molecular formula is C11H12FNO2. The SMILES string of the molecule is CC(=O)CC(=O)NCc1cccc(F)c1. The third kappa shape index (κ3) is 4.35. The van der Waals surface area contributed by atoms with Crippen molar-refractivity contribution in [1.29, 1.82) is 0 Å². The van der Waals surface area contributed by atoms with Gasteiger partial charge in [0.2, 0.25) is 5.91 Å². The average Bonchev–Trinajstić information content (AvgIpc) is 2.14. The Balaban J connectivity index is 2.43. The lowest BCUT2D eigenvalue weighted by Gasteiger charge is -2.03. The zero-order chi connectivity index (χ0) is 11.3. The molecule has 1 rings (SSSR count). The number of carbonyl (C=O) groups excluding carboxylic acids is 2. The van der Waals surface area contributed by atoms with Crippen molar-refractivity contribution in [2.45, 2.75) is 19.9 Å². The number of benzene rings is 1. The number of hydrogen-bond donors (Lipinski definition) is 1. The lowest BCUT2D eigenvalue weighted by molar-refractivity contribution is -0.127. The molecule has 0 heterocycles. The van der Waals surface area contributed by atoms with Gasteiger partial charge in [-0.1, -0.05) is 12.1 Å². The minimum atomic E-state index is -0.341. The van der Waals surface area contributed by atoms with Gasteiger partial charge < -0.3 is 5.32 Å². The number of ketones is 1. The first kappa shape index (κ1) is 11.4. The molecule has 0 atom stereocenters. The summed E-state index contributed by atoms with van der Waals surface area (Å²) in [4.78, 5) is 21.7. The molecule has 3 nitrogen and oxygen atoms in total. The van der Waals surface area contributed by atoms with Crippen molar-refractivity contribution < 1.29 is 14.0 Å². The topological polar surface area (TPSA) is 46.2 Å². The van der Waals surface area contributed by atoms with Crippen molar-refractivity contribution in [3.63, 3.8) is 0 Å². The molecule has 0 spiro atoms. The number of carbonyl (C=O) groups is 2. The van der Waals surface area contributed by atoms with E-state index >= 15 is 0 Å². The van der Waals surface area contributed by atoms with E-state index in [0.29, 0.717) is 5.56 Å². The van der Waals surface area contributed by atoms with Crippen molar-refractivity contribution in [1.82, 2.24) is 5.32 Å². The van der Waals surface area contributed by atoms with E-state index in [0.717, 1.165) is 0 Å². The van der Waals surface area contributed by atoms with Crippen LogP contribution in [0.2, 0.25) is 0 Å². The lowest BCUT2D eigenvalue weighted by atomic mass is 10.2. The van der Waals surface area contributed by atoms with Crippen molar-refractivity contribution in [2.75, 3.05) is 0 Å². The monoisotopic (exact) mass is 209 g/mol. The minimum absolute atomic E-state index is 0.130. The number of halogens is 1. The van der Waals surface area contributed by atoms with Crippen LogP contribution in [0, 0.1) is 5.82 Å². The Morgan fingerprint density at radius 3 is 2.73 bits per heavy atom. The summed E-state index contributed by atoms with van der Waals surface area (Å²) in [5.74, 6) is -0.869. The molecule has 4 heteroatoms. The fourth-order valence-electron chi connectivity index (χ4n) is 1.14. The van der Waals surface area contributed by atoms with Gasteiger partial charge >= 0.3 is 0 Å². The highest BCUT2D eigenvalue weighted by Gasteiger charge is 2.04. The fraction of sp³-hybridized carbons (Fsp3) is 0.273. The summed E-state index contributed by atoms with van der Waals surface area (Å²) in [7, 11) is 0. The van der Waals surface area contributed by atoms with Crippen molar-refractivity contribution in [2.24, 2.45) is 0 Å². The third-order valence-electron chi connectivity index (χ3n) is 1.79. The highest BCUT2D eigenvalue weighted by Crippen LogP contribution is 2.02. The van der Waals surface area contributed by atoms with Gasteiger partial charge in [0.05, 0.1) is 6.42 Å². The zero-order valence-corrected chi connectivity index (χ0v) is 8.42. The molecule has 0 saturated heterocycles. The standard InChI is InChI=1S/C11H12FNO2/c1-8(14)5-11(15)13-7-9-3-2-4-10(12)6-9/h2-4,6H,5,7H2,1H3,(H,13,15). The van der Waals surface area contributed by atoms with Crippen LogP contribution in [0.3, 0.4) is 0 Å². The van der Waals surface area contributed by atoms with Crippen molar-refractivity contribution >= 4 is 11.7 Å². The molecule has 1 amide bonds. The molecule has 1 N–H and O–H groups in total. The maximum Gasteiger partial charge on any atom is 0.227 e. The molecule has 0 aliphatic rings. The van der Waals surface area contributed by atoms with Gasteiger partial charge in [-0.3, -0.25) is 9.59 Å². The molecule has 0 radical (unpaired) electrons. The lowest BCUT2D eigenvalue weighted by Crippen LogP contribution is -2.24. The Hall–Kier alpha value is -1.71. The fourth-order valence-corrected chi connectivity index (χ4v) is 1.14. The van der Waals surface area contributed by atoms with Crippen LogP contribution in [0.15, 0.2) is 24.3 Å². The minimum Gasteiger partial charge on any atom is -0.352 e. The van der Waals surface area contributed by atoms with E-state index in [1.165, 1.54) is 19.1 Å². The van der Waals surface area contributed by atoms with Crippen LogP contribution in [0.1, 0.15) is 18.9 Å². The van der Waals surface area contributed by atoms with Crippen LogP contribution in [-0.2, 0) is 16.1 Å². The highest BCUT2D eigenvalue weighted by molar-refractivity contribution is 5.96. The Morgan fingerprint density at radius 2 is 2.13 bits per heavy atom. The van der Waals surface area contributed by atoms with Crippen LogP contribution in [-0.4, -0.2) is 11.7 Å². The number of nitrogens with one attached hydrogen (secondary N) is 1. The van der Waals surface area contributed by atoms with Gasteiger partial charge in [0.15, 0.2) is 0 Å². The van der Waals surface area contributed by atoms with Gasteiger partial charge in [-0.05, 0) is 24.6 Å². The normalized spacial score (nSPS) is 9.73. The molecule has 0 bridgehead atoms. The zero-order valence-electron chi connectivity index (χ0n) is 8.42. The van der Waals surface area contributed by atoms with Gasteiger partial charge in [0, 0.05) is 6.54 Å². The first-order valence-electron chi connectivity index (χ1n) is 4.58. The maximum absolute atomic E-state index is 12.7. The summed E-state index contributed by atoms with van der Waals surface area (Å²) in [5.41, 5.74) is 0.673. The van der Waals surface area contributed by atoms with Crippen molar-refractivity contribution in [3.05, 3.63) is 35.6 Å². The van der Waals surface area contributed by atoms with Crippen LogP contribution in [0.25, 0.3) is 0 Å². The summed E-state index contributed by atoms with van der Waals surface area (Å²) in [5, 5.41) is 2.53. The second kappa shape index (κ2) is 5.24. The second-order valence-electron chi connectivity index (χ2n) is 3.29. The molecule has 0 aromatic heterocycles. The molecule has 1 aromatic carbocycles. The third-order valence-corrected chi connectivity index (χ3v) is 1.79. The quantitative estimate of drug-likeness (QED) is 0.762. The first-order chi connectivity index (χ1) is 7.08. The highest BCUT2D eigenvalue weighted by atomic mass is 19.1. The van der Waals surface area contributed by atoms with Crippen LogP contribution >= 0.6 is 0 Å². The van der Waals surface area contributed by atoms with Gasteiger partial charge in [-0.2, -0.15) is 0 Å². The van der Waals surface area contributed by atoms with Gasteiger partial charge in [-0.15, -0.1) is 0 Å². The van der Waals surface area contributed by atoms with Gasteiger partial charge in [0.1, 0.15) is 11.6 Å². The van der Waals surface area contributed by atoms with E-state index < -0.39 is 0 Å². The van der Waals surface area contributed by atoms with E-state index in [2.05, 4.69) is 5.32 Å². The Labute approximate surface area is 87.3 Å². The van der Waals surface area contributed by atoms with Crippen molar-refractivity contribution in [3.8, 4) is 0 Å². The molecule has 0 saturated carbocycles. The molecule has 0 aliphatic heterocycles. The van der Waals surface area contributed by atoms with E-state index in [1.807, 2.05) is 0 Å². The summed E-state index contributed by atoms with van der Waals surface area (Å²) in [6, 6.07) is 5.95. The van der Waals surface area contributed by atoms with Crippen LogP contribution in [0.4, 0.5) is 4.39 Å². The van der Waals surface area contributed by atoms with Gasteiger partial charge in [0.25, 0.3) is 0 Å². The predicted octanol–water partition coefficient (Wildman–Crippen LogP) is 1.42. The summed E-state index contributed by atoms with van der Waals surface area (Å²) >= 11 is 0. The number of hydrogen-bond acceptors (Lipinski definition) is 2. The number of rotatable bonds is 4. The molecule has 15 heavy (non-hydrogen) atoms. The summed E-state index contributed by atoms with van der Waals surface area (Å²) < 4.78 is 12.7. The summed E-state index contributed by atoms with van der Waals surface area (Å²) in [6.07, 6.45) is -0.130. The van der Waals surface area contributed by atoms with Crippen LogP contribution < -0.4 is 5.32 Å². The number of amides is 1. The van der Waals surface area contributed by atoms with E-state index in [9.17, 15) is 14.0 Å². The van der Waals surface area contributed by atoms with Gasteiger partial charge in [-0.25, -0.2) is 4.39 Å². The van der Waals surface area contributed by atoms with E-state index in [-0.39, 0.29) is 30.5 Å². The Morgan fingerprint density at radius 1 is 1.40 bits per heavy atom. The Kier molecular flexibility index (Phi) is 3.97. The van der Waals surface area contributed by atoms with E-state index in [4.69, 9.17) is 0 Å². The Bertz CT molecular complexity index is 377. The summed E-state index contributed by atoms with van der Waals surface area (Å²) in [6.45, 7) is 1.59. The second-order valence-corrected chi connectivity index (χ2v) is 3.29. The molecule has 0 fully saturated rings. The maximum atomic E-state index is 12.7. The van der Waals surface area contributed by atoms with Crippen LogP contribution in [0.5, 0.6) is 0 Å². The molecular weight excluding hydrogens is 197 g/mol. The molecule has 1 aromatic rings. The first-order valence-corrected chi connectivity index (χ1v) is 4.58. The smallest absolute Gasteiger partial charge is 0.227 e. The molecule has 0 aliphatic carbocycles.